The summed E-state index contributed by atoms with van der Waals surface area (Å²) in [5.41, 5.74) is -0.895. The molecule has 2 aromatic carbocycles. The average Bonchev–Trinajstić information content (AvgIpc) is 2.68. The molecule has 3 nitrogen and oxygen atoms in total. The van der Waals surface area contributed by atoms with Crippen LogP contribution in [-0.2, 0) is 18.3 Å². The van der Waals surface area contributed by atoms with E-state index in [1.807, 2.05) is 18.2 Å². The molecule has 2 aromatic rings. The van der Waals surface area contributed by atoms with Crippen LogP contribution >= 0.6 is 0 Å². The quantitative estimate of drug-likeness (QED) is 0.790. The molecule has 0 aliphatic carbocycles. The number of nitriles is 1. The summed E-state index contributed by atoms with van der Waals surface area (Å²) in [7, 11) is 0. The zero-order chi connectivity index (χ0) is 20.6. The van der Waals surface area contributed by atoms with E-state index in [1.54, 1.807) is 6.07 Å². The number of hydrogen-bond acceptors (Lipinski definition) is 3. The monoisotopic (exact) mass is 400 g/mol. The van der Waals surface area contributed by atoms with E-state index < -0.39 is 17.3 Å². The van der Waals surface area contributed by atoms with E-state index in [-0.39, 0.29) is 23.2 Å². The van der Waals surface area contributed by atoms with E-state index in [0.29, 0.717) is 12.8 Å². The fraction of sp³-hybridized carbons (Fsp3) is 0.435. The maximum Gasteiger partial charge on any atom is 0.416 e. The number of aliphatic hydroxyl groups is 1. The third kappa shape index (κ3) is 4.03. The number of benzene rings is 2. The van der Waals surface area contributed by atoms with E-state index in [1.165, 1.54) is 11.6 Å². The van der Waals surface area contributed by atoms with Gasteiger partial charge in [0.05, 0.1) is 22.8 Å². The first-order valence-electron chi connectivity index (χ1n) is 9.93. The number of alkyl halides is 3. The number of piperidine rings is 2. The molecule has 2 atom stereocenters. The van der Waals surface area contributed by atoms with Gasteiger partial charge in [-0.25, -0.2) is 0 Å². The molecule has 2 saturated heterocycles. The van der Waals surface area contributed by atoms with E-state index in [4.69, 9.17) is 0 Å². The van der Waals surface area contributed by atoms with Gasteiger partial charge in [-0.2, -0.15) is 18.4 Å². The molecule has 2 aliphatic rings. The van der Waals surface area contributed by atoms with E-state index >= 15 is 0 Å². The van der Waals surface area contributed by atoms with Gasteiger partial charge in [0.15, 0.2) is 0 Å². The third-order valence-corrected chi connectivity index (χ3v) is 6.29. The Kier molecular flexibility index (Phi) is 5.14. The lowest BCUT2D eigenvalue weighted by atomic mass is 9.72. The minimum Gasteiger partial charge on any atom is -0.385 e. The van der Waals surface area contributed by atoms with Crippen molar-refractivity contribution in [1.82, 2.24) is 4.90 Å². The molecule has 0 saturated carbocycles. The summed E-state index contributed by atoms with van der Waals surface area (Å²) < 4.78 is 39.9. The average molecular weight is 400 g/mol. The Morgan fingerprint density at radius 1 is 1.07 bits per heavy atom. The summed E-state index contributed by atoms with van der Waals surface area (Å²) >= 11 is 0. The molecule has 152 valence electrons. The molecule has 1 N–H and O–H groups in total. The molecule has 2 aliphatic heterocycles. The predicted octanol–water partition coefficient (Wildman–Crippen LogP) is 4.98. The summed E-state index contributed by atoms with van der Waals surface area (Å²) in [5, 5.41) is 20.6. The highest BCUT2D eigenvalue weighted by molar-refractivity contribution is 5.41. The number of nitrogens with zero attached hydrogens (tertiary/aromatic N) is 2. The van der Waals surface area contributed by atoms with Crippen molar-refractivity contribution in [1.29, 1.82) is 5.26 Å². The topological polar surface area (TPSA) is 47.3 Å². The third-order valence-electron chi connectivity index (χ3n) is 6.29. The summed E-state index contributed by atoms with van der Waals surface area (Å²) in [6, 6.07) is 15.4. The molecule has 0 radical (unpaired) electrons. The molecule has 2 fully saturated rings. The molecule has 0 aromatic heterocycles. The van der Waals surface area contributed by atoms with Crippen molar-refractivity contribution >= 4 is 0 Å². The first kappa shape index (κ1) is 19.9. The van der Waals surface area contributed by atoms with Gasteiger partial charge in [-0.15, -0.1) is 0 Å². The van der Waals surface area contributed by atoms with Crippen LogP contribution in [0.25, 0.3) is 0 Å². The van der Waals surface area contributed by atoms with Crippen molar-refractivity contribution < 1.29 is 18.3 Å². The summed E-state index contributed by atoms with van der Waals surface area (Å²) in [6.07, 6.45) is -0.916. The van der Waals surface area contributed by atoms with Crippen molar-refractivity contribution in [3.05, 3.63) is 70.8 Å². The van der Waals surface area contributed by atoms with Gasteiger partial charge in [-0.05, 0) is 55.0 Å². The van der Waals surface area contributed by atoms with Crippen molar-refractivity contribution in [3.8, 4) is 6.07 Å². The van der Waals surface area contributed by atoms with Gasteiger partial charge in [-0.3, -0.25) is 4.90 Å². The van der Waals surface area contributed by atoms with Gasteiger partial charge in [-0.1, -0.05) is 36.8 Å². The van der Waals surface area contributed by atoms with Crippen LogP contribution in [0.5, 0.6) is 0 Å². The van der Waals surface area contributed by atoms with Crippen LogP contribution in [0.2, 0.25) is 0 Å². The summed E-state index contributed by atoms with van der Waals surface area (Å²) in [4.78, 5) is 2.39. The van der Waals surface area contributed by atoms with Crippen LogP contribution < -0.4 is 0 Å². The molecule has 0 spiro atoms. The maximum absolute atomic E-state index is 13.3. The second-order valence-corrected chi connectivity index (χ2v) is 8.24. The molecular weight excluding hydrogens is 377 g/mol. The molecule has 6 heteroatoms. The Balaban J connectivity index is 1.65. The Hall–Kier alpha value is -2.36. The SMILES string of the molecule is N#Cc1cc(C(F)(F)F)cc(C2(O)CC3CCCC(C2)N3Cc2ccccc2)c1. The Labute approximate surface area is 168 Å². The van der Waals surface area contributed by atoms with Crippen LogP contribution in [0.1, 0.15) is 54.4 Å². The van der Waals surface area contributed by atoms with Gasteiger partial charge in [0.1, 0.15) is 0 Å². The lowest BCUT2D eigenvalue weighted by molar-refractivity contribution is -0.138. The van der Waals surface area contributed by atoms with Gasteiger partial charge in [0, 0.05) is 18.6 Å². The molecule has 29 heavy (non-hydrogen) atoms. The van der Waals surface area contributed by atoms with Crippen molar-refractivity contribution in [2.45, 2.75) is 62.5 Å². The minimum absolute atomic E-state index is 0.0693. The number of halogens is 3. The standard InChI is InChI=1S/C23H23F3N2O/c24-23(25,26)19-10-17(14-27)9-18(11-19)22(29)12-20-7-4-8-21(13-22)28(20)15-16-5-2-1-3-6-16/h1-3,5-6,9-11,20-21,29H,4,7-8,12-13,15H2. The molecule has 2 unspecified atom stereocenters. The first-order valence-corrected chi connectivity index (χ1v) is 9.93. The Bertz CT molecular complexity index is 906. The second-order valence-electron chi connectivity index (χ2n) is 8.24. The molecule has 2 heterocycles. The minimum atomic E-state index is -4.55. The van der Waals surface area contributed by atoms with E-state index in [2.05, 4.69) is 17.0 Å². The van der Waals surface area contributed by atoms with Crippen molar-refractivity contribution in [2.24, 2.45) is 0 Å². The largest absolute Gasteiger partial charge is 0.416 e. The first-order chi connectivity index (χ1) is 13.8. The van der Waals surface area contributed by atoms with Crippen LogP contribution in [0.3, 0.4) is 0 Å². The van der Waals surface area contributed by atoms with E-state index in [0.717, 1.165) is 37.9 Å². The fourth-order valence-corrected chi connectivity index (χ4v) is 4.93. The van der Waals surface area contributed by atoms with Crippen molar-refractivity contribution in [2.75, 3.05) is 0 Å². The molecule has 2 bridgehead atoms. The number of rotatable bonds is 3. The lowest BCUT2D eigenvalue weighted by Crippen LogP contribution is -2.56. The number of hydrogen-bond donors (Lipinski definition) is 1. The van der Waals surface area contributed by atoms with Crippen molar-refractivity contribution in [3.63, 3.8) is 0 Å². The molecule has 0 amide bonds. The van der Waals surface area contributed by atoms with Gasteiger partial charge < -0.3 is 5.11 Å². The predicted molar refractivity (Wildman–Crippen MR) is 103 cm³/mol. The van der Waals surface area contributed by atoms with Crippen LogP contribution in [0.15, 0.2) is 48.5 Å². The van der Waals surface area contributed by atoms with Gasteiger partial charge >= 0.3 is 6.18 Å². The van der Waals surface area contributed by atoms with Gasteiger partial charge in [0.25, 0.3) is 0 Å². The second kappa shape index (κ2) is 7.47. The zero-order valence-corrected chi connectivity index (χ0v) is 16.0. The zero-order valence-electron chi connectivity index (χ0n) is 16.0. The molecule has 4 rings (SSSR count). The van der Waals surface area contributed by atoms with Gasteiger partial charge in [0.2, 0.25) is 0 Å². The highest BCUT2D eigenvalue weighted by Gasteiger charge is 2.47. The Morgan fingerprint density at radius 2 is 1.72 bits per heavy atom. The smallest absolute Gasteiger partial charge is 0.385 e. The molecular formula is C23H23F3N2O. The van der Waals surface area contributed by atoms with E-state index in [9.17, 15) is 23.5 Å². The fourth-order valence-electron chi connectivity index (χ4n) is 4.93. The highest BCUT2D eigenvalue weighted by Crippen LogP contribution is 2.46. The Morgan fingerprint density at radius 3 is 2.31 bits per heavy atom. The normalized spacial score (nSPS) is 27.4. The highest BCUT2D eigenvalue weighted by atomic mass is 19.4. The van der Waals surface area contributed by atoms with Crippen LogP contribution in [0.4, 0.5) is 13.2 Å². The maximum atomic E-state index is 13.3. The number of fused-ring (bicyclic) bond motifs is 2. The lowest BCUT2D eigenvalue weighted by Gasteiger charge is -2.52. The summed E-state index contributed by atoms with van der Waals surface area (Å²) in [6.45, 7) is 0.776. The van der Waals surface area contributed by atoms with Crippen LogP contribution in [0, 0.1) is 11.3 Å². The van der Waals surface area contributed by atoms with Crippen LogP contribution in [-0.4, -0.2) is 22.1 Å². The summed E-state index contributed by atoms with van der Waals surface area (Å²) in [5.74, 6) is 0.